The molecule has 4 heterocycles. The lowest BCUT2D eigenvalue weighted by atomic mass is 9.76. The molecule has 5 rings (SSSR count). The number of anilines is 1. The standard InChI is InChI=1S/C21H23BrN4O5/c22-10-3-4-13-12(8-10)21(20(30)24-13)17-16(14(25-21)5-6-15(23)27)18(28)26(19(17)29)9-11-2-1-7-31-11/h3-4,8,11,14,16-17,25H,1-2,5-7,9H2,(H2,23,27)(H,24,30). The van der Waals surface area contributed by atoms with Gasteiger partial charge < -0.3 is 15.8 Å². The summed E-state index contributed by atoms with van der Waals surface area (Å²) in [4.78, 5) is 53.0. The van der Waals surface area contributed by atoms with Crippen LogP contribution in [0.4, 0.5) is 5.69 Å². The SMILES string of the molecule is NC(=O)CCC1NC2(C(=O)Nc3ccc(Br)cc32)C2C(=O)N(CC3CCCO3)C(=O)C12. The van der Waals surface area contributed by atoms with Crippen molar-refractivity contribution in [2.75, 3.05) is 18.5 Å². The molecule has 0 saturated carbocycles. The molecule has 31 heavy (non-hydrogen) atoms. The van der Waals surface area contributed by atoms with Crippen molar-refractivity contribution in [1.29, 1.82) is 0 Å². The van der Waals surface area contributed by atoms with Crippen LogP contribution in [0.15, 0.2) is 22.7 Å². The first kappa shape index (κ1) is 20.6. The van der Waals surface area contributed by atoms with Gasteiger partial charge in [0, 0.05) is 34.8 Å². The number of fused-ring (bicyclic) bond motifs is 4. The number of benzene rings is 1. The Bertz CT molecular complexity index is 994. The molecule has 1 aromatic carbocycles. The minimum Gasteiger partial charge on any atom is -0.376 e. The van der Waals surface area contributed by atoms with Crippen LogP contribution >= 0.6 is 15.9 Å². The van der Waals surface area contributed by atoms with Crippen molar-refractivity contribution >= 4 is 45.2 Å². The number of ether oxygens (including phenoxy) is 1. The second-order valence-electron chi connectivity index (χ2n) is 8.63. The summed E-state index contributed by atoms with van der Waals surface area (Å²) in [6.45, 7) is 0.806. The molecule has 0 aromatic heterocycles. The summed E-state index contributed by atoms with van der Waals surface area (Å²) in [6.07, 6.45) is 1.82. The van der Waals surface area contributed by atoms with E-state index in [-0.39, 0.29) is 43.2 Å². The maximum Gasteiger partial charge on any atom is 0.250 e. The summed E-state index contributed by atoms with van der Waals surface area (Å²) >= 11 is 3.44. The molecule has 0 bridgehead atoms. The zero-order valence-corrected chi connectivity index (χ0v) is 18.3. The van der Waals surface area contributed by atoms with Crippen LogP contribution in [0.3, 0.4) is 0 Å². The third-order valence-electron chi connectivity index (χ3n) is 6.88. The number of primary amides is 1. The highest BCUT2D eigenvalue weighted by Gasteiger charge is 2.70. The van der Waals surface area contributed by atoms with E-state index in [1.54, 1.807) is 18.2 Å². The second kappa shape index (κ2) is 7.39. The number of nitrogens with zero attached hydrogens (tertiary/aromatic N) is 1. The van der Waals surface area contributed by atoms with Gasteiger partial charge in [0.05, 0.1) is 24.5 Å². The van der Waals surface area contributed by atoms with E-state index >= 15 is 0 Å². The highest BCUT2D eigenvalue weighted by molar-refractivity contribution is 9.10. The van der Waals surface area contributed by atoms with Crippen molar-refractivity contribution in [2.45, 2.75) is 43.4 Å². The molecular weight excluding hydrogens is 468 g/mol. The van der Waals surface area contributed by atoms with Gasteiger partial charge in [-0.15, -0.1) is 0 Å². The van der Waals surface area contributed by atoms with Crippen LogP contribution in [0.2, 0.25) is 0 Å². The zero-order valence-electron chi connectivity index (χ0n) is 16.7. The first-order valence-electron chi connectivity index (χ1n) is 10.5. The number of nitrogens with one attached hydrogen (secondary N) is 2. The Morgan fingerprint density at radius 1 is 1.29 bits per heavy atom. The van der Waals surface area contributed by atoms with Crippen molar-refractivity contribution in [1.82, 2.24) is 10.2 Å². The van der Waals surface area contributed by atoms with Crippen LogP contribution in [0.5, 0.6) is 0 Å². The van der Waals surface area contributed by atoms with Gasteiger partial charge in [-0.2, -0.15) is 0 Å². The molecule has 164 valence electrons. The summed E-state index contributed by atoms with van der Waals surface area (Å²) in [6, 6.07) is 4.85. The Labute approximate surface area is 187 Å². The fraction of sp³-hybridized carbons (Fsp3) is 0.524. The number of halogens is 1. The predicted octanol–water partition coefficient (Wildman–Crippen LogP) is 0.614. The van der Waals surface area contributed by atoms with Gasteiger partial charge in [-0.05, 0) is 37.5 Å². The number of rotatable bonds is 5. The van der Waals surface area contributed by atoms with Crippen LogP contribution in [0.25, 0.3) is 0 Å². The van der Waals surface area contributed by atoms with Gasteiger partial charge in [-0.25, -0.2) is 0 Å². The van der Waals surface area contributed by atoms with Gasteiger partial charge in [0.25, 0.3) is 0 Å². The Balaban J connectivity index is 1.57. The maximum atomic E-state index is 13.6. The van der Waals surface area contributed by atoms with E-state index in [1.807, 2.05) is 0 Å². The Hall–Kier alpha value is -2.30. The molecule has 0 aliphatic carbocycles. The number of likely N-dealkylation sites (tertiary alicyclic amines) is 1. The van der Waals surface area contributed by atoms with Crippen molar-refractivity contribution in [2.24, 2.45) is 17.6 Å². The first-order chi connectivity index (χ1) is 14.8. The minimum absolute atomic E-state index is 0.0527. The molecule has 1 spiro atoms. The number of carbonyl (C=O) groups is 4. The normalized spacial score (nSPS) is 33.8. The fourth-order valence-electron chi connectivity index (χ4n) is 5.55. The van der Waals surface area contributed by atoms with Crippen LogP contribution < -0.4 is 16.4 Å². The van der Waals surface area contributed by atoms with E-state index < -0.39 is 29.3 Å². The number of nitrogens with two attached hydrogens (primary N) is 1. The molecule has 4 aliphatic rings. The number of carbonyl (C=O) groups excluding carboxylic acids is 4. The number of amides is 4. The quantitative estimate of drug-likeness (QED) is 0.518. The van der Waals surface area contributed by atoms with E-state index in [0.29, 0.717) is 17.9 Å². The average Bonchev–Trinajstić information content (AvgIpc) is 3.46. The van der Waals surface area contributed by atoms with E-state index in [0.717, 1.165) is 17.3 Å². The van der Waals surface area contributed by atoms with E-state index in [4.69, 9.17) is 10.5 Å². The lowest BCUT2D eigenvalue weighted by Crippen LogP contribution is -2.53. The van der Waals surface area contributed by atoms with Crippen LogP contribution in [0.1, 0.15) is 31.2 Å². The lowest BCUT2D eigenvalue weighted by Gasteiger charge is -2.30. The third kappa shape index (κ3) is 3.03. The number of imide groups is 1. The summed E-state index contributed by atoms with van der Waals surface area (Å²) in [5, 5.41) is 6.15. The monoisotopic (exact) mass is 490 g/mol. The molecule has 1 aromatic rings. The molecular formula is C21H23BrN4O5. The average molecular weight is 491 g/mol. The van der Waals surface area contributed by atoms with Crippen molar-refractivity contribution in [3.8, 4) is 0 Å². The van der Waals surface area contributed by atoms with Crippen LogP contribution in [0, 0.1) is 11.8 Å². The van der Waals surface area contributed by atoms with E-state index in [1.165, 1.54) is 4.90 Å². The second-order valence-corrected chi connectivity index (χ2v) is 9.55. The fourth-order valence-corrected chi connectivity index (χ4v) is 5.91. The molecule has 5 atom stereocenters. The summed E-state index contributed by atoms with van der Waals surface area (Å²) in [5.41, 5.74) is 5.21. The molecule has 5 unspecified atom stereocenters. The molecule has 4 amide bonds. The van der Waals surface area contributed by atoms with Crippen LogP contribution in [-0.2, 0) is 29.5 Å². The molecule has 4 N–H and O–H groups in total. The summed E-state index contributed by atoms with van der Waals surface area (Å²) < 4.78 is 6.40. The minimum atomic E-state index is -1.37. The highest BCUT2D eigenvalue weighted by Crippen LogP contribution is 2.54. The maximum absolute atomic E-state index is 13.6. The molecule has 3 saturated heterocycles. The van der Waals surface area contributed by atoms with Gasteiger partial charge in [0.15, 0.2) is 0 Å². The lowest BCUT2D eigenvalue weighted by molar-refractivity contribution is -0.144. The smallest absolute Gasteiger partial charge is 0.250 e. The Kier molecular flexibility index (Phi) is 4.91. The first-order valence-corrected chi connectivity index (χ1v) is 11.3. The molecule has 4 aliphatic heterocycles. The van der Waals surface area contributed by atoms with Crippen molar-refractivity contribution in [3.05, 3.63) is 28.2 Å². The van der Waals surface area contributed by atoms with Crippen molar-refractivity contribution in [3.63, 3.8) is 0 Å². The molecule has 0 radical (unpaired) electrons. The topological polar surface area (TPSA) is 131 Å². The van der Waals surface area contributed by atoms with E-state index in [9.17, 15) is 19.2 Å². The van der Waals surface area contributed by atoms with Gasteiger partial charge in [0.1, 0.15) is 5.54 Å². The van der Waals surface area contributed by atoms with Gasteiger partial charge >= 0.3 is 0 Å². The van der Waals surface area contributed by atoms with E-state index in [2.05, 4.69) is 26.6 Å². The number of hydrogen-bond acceptors (Lipinski definition) is 6. The zero-order chi connectivity index (χ0) is 21.9. The van der Waals surface area contributed by atoms with Crippen molar-refractivity contribution < 1.29 is 23.9 Å². The number of hydrogen-bond donors (Lipinski definition) is 3. The van der Waals surface area contributed by atoms with Gasteiger partial charge in [-0.3, -0.25) is 29.4 Å². The molecule has 3 fully saturated rings. The molecule has 9 nitrogen and oxygen atoms in total. The Morgan fingerprint density at radius 3 is 2.81 bits per heavy atom. The third-order valence-corrected chi connectivity index (χ3v) is 7.37. The van der Waals surface area contributed by atoms with Gasteiger partial charge in [-0.1, -0.05) is 15.9 Å². The molecule has 10 heteroatoms. The summed E-state index contributed by atoms with van der Waals surface area (Å²) in [7, 11) is 0. The Morgan fingerprint density at radius 2 is 2.10 bits per heavy atom. The summed E-state index contributed by atoms with van der Waals surface area (Å²) in [5.74, 6) is -3.19. The largest absolute Gasteiger partial charge is 0.376 e. The predicted molar refractivity (Wildman–Crippen MR) is 112 cm³/mol. The van der Waals surface area contributed by atoms with Gasteiger partial charge in [0.2, 0.25) is 23.6 Å². The highest BCUT2D eigenvalue weighted by atomic mass is 79.9. The van der Waals surface area contributed by atoms with Crippen LogP contribution in [-0.4, -0.2) is 53.8 Å².